The second-order valence-electron chi connectivity index (χ2n) is 10.9. The number of hydrogen-bond acceptors (Lipinski definition) is 4. The van der Waals surface area contributed by atoms with E-state index in [4.69, 9.17) is 9.16 Å². The van der Waals surface area contributed by atoms with Crippen molar-refractivity contribution >= 4 is 14.3 Å². The van der Waals surface area contributed by atoms with E-state index in [-0.39, 0.29) is 29.1 Å². The second kappa shape index (κ2) is 10.3. The lowest BCUT2D eigenvalue weighted by molar-refractivity contribution is -0.142. The predicted molar refractivity (Wildman–Crippen MR) is 118 cm³/mol. The minimum Gasteiger partial charge on any atom is -0.481 e. The van der Waals surface area contributed by atoms with Crippen LogP contribution in [0.4, 0.5) is 0 Å². The van der Waals surface area contributed by atoms with Crippen LogP contribution in [0, 0.1) is 23.7 Å². The summed E-state index contributed by atoms with van der Waals surface area (Å²) in [5, 5.41) is 20.2. The topological polar surface area (TPSA) is 76.0 Å². The lowest BCUT2D eigenvalue weighted by atomic mass is 9.86. The Morgan fingerprint density at radius 3 is 2.52 bits per heavy atom. The maximum atomic E-state index is 11.4. The quantitative estimate of drug-likeness (QED) is 0.501. The van der Waals surface area contributed by atoms with Crippen LogP contribution in [0.1, 0.15) is 72.6 Å². The third-order valence-electron chi connectivity index (χ3n) is 7.80. The van der Waals surface area contributed by atoms with Crippen LogP contribution in [0.25, 0.3) is 0 Å². The highest BCUT2D eigenvalue weighted by Crippen LogP contribution is 2.43. The van der Waals surface area contributed by atoms with Gasteiger partial charge in [0.05, 0.1) is 18.1 Å². The monoisotopic (exact) mass is 428 g/mol. The molecule has 170 valence electrons. The summed E-state index contributed by atoms with van der Waals surface area (Å²) < 4.78 is 12.7. The standard InChI is InChI=1S/C23H44O5Si/c1-7-8-17(22(25)26)11-9-16-10-12-18-19(20(24)13-21(18)27-14-16)15-28-29(5,6)23(2,3)4/h16-21,24H,7-15H2,1-6H3,(H,25,26)/t16-,17?,18+,19+,20+,21-/m0/s1. The molecule has 0 aromatic rings. The van der Waals surface area contributed by atoms with Gasteiger partial charge in [0.25, 0.3) is 0 Å². The Kier molecular flexibility index (Phi) is 8.78. The van der Waals surface area contributed by atoms with Crippen molar-refractivity contribution < 1.29 is 24.2 Å². The van der Waals surface area contributed by atoms with E-state index < -0.39 is 14.3 Å². The third kappa shape index (κ3) is 6.52. The highest BCUT2D eigenvalue weighted by atomic mass is 28.4. The van der Waals surface area contributed by atoms with E-state index >= 15 is 0 Å². The zero-order valence-electron chi connectivity index (χ0n) is 19.4. The van der Waals surface area contributed by atoms with Crippen molar-refractivity contribution in [2.24, 2.45) is 23.7 Å². The molecule has 1 heterocycles. The molecule has 1 unspecified atom stereocenters. The Bertz CT molecular complexity index is 530. The van der Waals surface area contributed by atoms with E-state index in [2.05, 4.69) is 33.9 Å². The molecule has 5 nitrogen and oxygen atoms in total. The van der Waals surface area contributed by atoms with Crippen molar-refractivity contribution in [2.75, 3.05) is 13.2 Å². The molecule has 2 aliphatic rings. The number of hydrogen-bond donors (Lipinski definition) is 2. The molecule has 2 rings (SSSR count). The maximum Gasteiger partial charge on any atom is 0.306 e. The summed E-state index contributed by atoms with van der Waals surface area (Å²) >= 11 is 0. The highest BCUT2D eigenvalue weighted by molar-refractivity contribution is 6.74. The molecule has 2 fully saturated rings. The van der Waals surface area contributed by atoms with Gasteiger partial charge in [0.15, 0.2) is 8.32 Å². The Morgan fingerprint density at radius 1 is 1.24 bits per heavy atom. The summed E-state index contributed by atoms with van der Waals surface area (Å²) in [5.74, 6) is 0.0448. The largest absolute Gasteiger partial charge is 0.481 e. The molecule has 6 heteroatoms. The van der Waals surface area contributed by atoms with E-state index in [1.54, 1.807) is 0 Å². The van der Waals surface area contributed by atoms with Gasteiger partial charge in [0.2, 0.25) is 0 Å². The molecule has 0 spiro atoms. The summed E-state index contributed by atoms with van der Waals surface area (Å²) in [5.41, 5.74) is 0. The van der Waals surface area contributed by atoms with Crippen molar-refractivity contribution in [3.63, 3.8) is 0 Å². The maximum absolute atomic E-state index is 11.4. The van der Waals surface area contributed by atoms with Crippen molar-refractivity contribution in [2.45, 2.75) is 103 Å². The first-order valence-electron chi connectivity index (χ1n) is 11.6. The normalized spacial score (nSPS) is 31.9. The minimum absolute atomic E-state index is 0.119. The van der Waals surface area contributed by atoms with Gasteiger partial charge in [0.1, 0.15) is 0 Å². The number of carboxylic acid groups (broad SMARTS) is 1. The molecule has 1 aliphatic carbocycles. The second-order valence-corrected chi connectivity index (χ2v) is 15.7. The lowest BCUT2D eigenvalue weighted by Gasteiger charge is -2.38. The number of rotatable bonds is 9. The number of carboxylic acids is 1. The van der Waals surface area contributed by atoms with Gasteiger partial charge in [-0.1, -0.05) is 34.1 Å². The fourth-order valence-corrected chi connectivity index (χ4v) is 5.71. The Balaban J connectivity index is 1.90. The van der Waals surface area contributed by atoms with Crippen LogP contribution in [-0.4, -0.2) is 49.9 Å². The zero-order chi connectivity index (χ0) is 21.8. The molecule has 29 heavy (non-hydrogen) atoms. The Hall–Kier alpha value is -0.433. The van der Waals surface area contributed by atoms with Crippen LogP contribution in [0.5, 0.6) is 0 Å². The number of aliphatic carboxylic acids is 1. The van der Waals surface area contributed by atoms with E-state index in [1.165, 1.54) is 0 Å². The molecule has 1 aliphatic heterocycles. The molecule has 1 saturated carbocycles. The summed E-state index contributed by atoms with van der Waals surface area (Å²) in [6.07, 6.45) is 5.92. The molecule has 1 saturated heterocycles. The predicted octanol–water partition coefficient (Wildman–Crippen LogP) is 5.08. The van der Waals surface area contributed by atoms with Crippen LogP contribution in [0.3, 0.4) is 0 Å². The van der Waals surface area contributed by atoms with Crippen molar-refractivity contribution in [3.8, 4) is 0 Å². The molecule has 0 bridgehead atoms. The van der Waals surface area contributed by atoms with Gasteiger partial charge in [-0.05, 0) is 62.1 Å². The molecule has 0 radical (unpaired) electrons. The van der Waals surface area contributed by atoms with Gasteiger partial charge >= 0.3 is 5.97 Å². The molecular weight excluding hydrogens is 384 g/mol. The SMILES string of the molecule is CCCC(CC[C@H]1CC[C@@H]2[C@@H](CO[Si](C)(C)C(C)(C)C)[C@H](O)C[C@@H]2OC1)C(=O)O. The number of aliphatic hydroxyl groups is 1. The Morgan fingerprint density at radius 2 is 1.93 bits per heavy atom. The summed E-state index contributed by atoms with van der Waals surface area (Å²) in [6, 6.07) is 0. The van der Waals surface area contributed by atoms with Crippen molar-refractivity contribution in [1.29, 1.82) is 0 Å². The van der Waals surface area contributed by atoms with Crippen molar-refractivity contribution in [3.05, 3.63) is 0 Å². The fourth-order valence-electron chi connectivity index (χ4n) is 4.67. The summed E-state index contributed by atoms with van der Waals surface area (Å²) in [7, 11) is -1.84. The van der Waals surface area contributed by atoms with E-state index in [0.29, 0.717) is 31.5 Å². The first kappa shape index (κ1) is 24.8. The number of aliphatic hydroxyl groups excluding tert-OH is 1. The first-order chi connectivity index (χ1) is 13.5. The van der Waals surface area contributed by atoms with Crippen LogP contribution in [0.15, 0.2) is 0 Å². The smallest absolute Gasteiger partial charge is 0.306 e. The van der Waals surface area contributed by atoms with E-state index in [9.17, 15) is 15.0 Å². The molecule has 2 N–H and O–H groups in total. The average Bonchev–Trinajstić information content (AvgIpc) is 2.77. The summed E-state index contributed by atoms with van der Waals surface area (Å²) in [4.78, 5) is 11.4. The van der Waals surface area contributed by atoms with Crippen LogP contribution < -0.4 is 0 Å². The van der Waals surface area contributed by atoms with Crippen LogP contribution in [0.2, 0.25) is 18.1 Å². The molecule has 6 atom stereocenters. The average molecular weight is 429 g/mol. The number of ether oxygens (including phenoxy) is 1. The Labute approximate surface area is 178 Å². The molecular formula is C23H44O5Si. The van der Waals surface area contributed by atoms with Gasteiger partial charge < -0.3 is 19.4 Å². The number of carbonyl (C=O) groups is 1. The lowest BCUT2D eigenvalue weighted by Crippen LogP contribution is -2.43. The molecule has 0 amide bonds. The van der Waals surface area contributed by atoms with Gasteiger partial charge in [-0.15, -0.1) is 0 Å². The minimum atomic E-state index is -1.84. The number of fused-ring (bicyclic) bond motifs is 1. The van der Waals surface area contributed by atoms with E-state index in [1.807, 2.05) is 6.92 Å². The molecule has 0 aromatic heterocycles. The third-order valence-corrected chi connectivity index (χ3v) is 12.3. The van der Waals surface area contributed by atoms with Gasteiger partial charge in [-0.3, -0.25) is 4.79 Å². The van der Waals surface area contributed by atoms with E-state index in [0.717, 1.165) is 38.5 Å². The molecule has 0 aromatic carbocycles. The fraction of sp³-hybridized carbons (Fsp3) is 0.957. The highest BCUT2D eigenvalue weighted by Gasteiger charge is 2.46. The van der Waals surface area contributed by atoms with Gasteiger partial charge in [0, 0.05) is 25.6 Å². The summed E-state index contributed by atoms with van der Waals surface area (Å²) in [6.45, 7) is 14.6. The first-order valence-corrected chi connectivity index (χ1v) is 14.5. The van der Waals surface area contributed by atoms with Gasteiger partial charge in [-0.2, -0.15) is 0 Å². The van der Waals surface area contributed by atoms with Crippen LogP contribution >= 0.6 is 0 Å². The zero-order valence-corrected chi connectivity index (χ0v) is 20.4. The van der Waals surface area contributed by atoms with Crippen LogP contribution in [-0.2, 0) is 14.0 Å². The van der Waals surface area contributed by atoms with Gasteiger partial charge in [-0.25, -0.2) is 0 Å². The van der Waals surface area contributed by atoms with Crippen molar-refractivity contribution in [1.82, 2.24) is 0 Å².